The molecule has 1 atom stereocenters. The van der Waals surface area contributed by atoms with Crippen molar-refractivity contribution < 1.29 is 4.74 Å². The summed E-state index contributed by atoms with van der Waals surface area (Å²) >= 11 is 0. The smallest absolute Gasteiger partial charge is 0.178 e. The lowest BCUT2D eigenvalue weighted by molar-refractivity contribution is 0.204. The molecular formula is C27H18O. The molecule has 0 bridgehead atoms. The van der Waals surface area contributed by atoms with E-state index in [4.69, 9.17) is 4.74 Å². The first kappa shape index (κ1) is 15.5. The Bertz CT molecular complexity index is 1320. The highest BCUT2D eigenvalue weighted by atomic mass is 16.5. The zero-order valence-corrected chi connectivity index (χ0v) is 15.3. The first-order chi connectivity index (χ1) is 13.9. The van der Waals surface area contributed by atoms with E-state index in [0.717, 1.165) is 16.7 Å². The summed E-state index contributed by atoms with van der Waals surface area (Å²) in [6.45, 7) is 0. The van der Waals surface area contributed by atoms with Gasteiger partial charge in [-0.2, -0.15) is 0 Å². The number of fused-ring (bicyclic) bond motifs is 8. The van der Waals surface area contributed by atoms with Crippen LogP contribution in [-0.4, -0.2) is 0 Å². The molecule has 1 nitrogen and oxygen atoms in total. The minimum absolute atomic E-state index is 0.611. The quantitative estimate of drug-likeness (QED) is 0.340. The minimum atomic E-state index is -0.611. The van der Waals surface area contributed by atoms with Crippen molar-refractivity contribution in [1.82, 2.24) is 0 Å². The van der Waals surface area contributed by atoms with Gasteiger partial charge in [-0.25, -0.2) is 0 Å². The predicted octanol–water partition coefficient (Wildman–Crippen LogP) is 6.79. The fourth-order valence-corrected chi connectivity index (χ4v) is 4.62. The summed E-state index contributed by atoms with van der Waals surface area (Å²) in [6, 6.07) is 27.7. The molecule has 132 valence electrons. The maximum atomic E-state index is 6.89. The van der Waals surface area contributed by atoms with Gasteiger partial charge in [0.1, 0.15) is 5.75 Å². The zero-order valence-electron chi connectivity index (χ0n) is 15.3. The van der Waals surface area contributed by atoms with E-state index >= 15 is 0 Å². The molecule has 0 saturated carbocycles. The number of benzene rings is 4. The van der Waals surface area contributed by atoms with Gasteiger partial charge in [0.25, 0.3) is 0 Å². The summed E-state index contributed by atoms with van der Waals surface area (Å²) in [5.74, 6) is 0.976. The van der Waals surface area contributed by atoms with Gasteiger partial charge in [0.15, 0.2) is 5.60 Å². The molecule has 0 aromatic heterocycles. The molecule has 4 aromatic carbocycles. The van der Waals surface area contributed by atoms with Crippen LogP contribution in [0.15, 0.2) is 109 Å². The zero-order chi connectivity index (χ0) is 18.6. The molecule has 0 spiro atoms. The summed E-state index contributed by atoms with van der Waals surface area (Å²) in [7, 11) is 0. The van der Waals surface area contributed by atoms with E-state index in [-0.39, 0.29) is 0 Å². The lowest BCUT2D eigenvalue weighted by Crippen LogP contribution is -2.27. The molecule has 1 aliphatic carbocycles. The third kappa shape index (κ3) is 1.96. The van der Waals surface area contributed by atoms with Crippen LogP contribution in [0.25, 0.3) is 27.1 Å². The maximum absolute atomic E-state index is 6.89. The van der Waals surface area contributed by atoms with E-state index in [9.17, 15) is 0 Å². The van der Waals surface area contributed by atoms with E-state index < -0.39 is 5.60 Å². The molecule has 28 heavy (non-hydrogen) atoms. The van der Waals surface area contributed by atoms with Gasteiger partial charge in [0.05, 0.1) is 0 Å². The van der Waals surface area contributed by atoms with Crippen LogP contribution in [0.4, 0.5) is 0 Å². The predicted molar refractivity (Wildman–Crippen MR) is 116 cm³/mol. The molecule has 0 saturated heterocycles. The number of rotatable bonds is 1. The average Bonchev–Trinajstić information content (AvgIpc) is 2.96. The monoisotopic (exact) mass is 358 g/mol. The Morgan fingerprint density at radius 2 is 1.21 bits per heavy atom. The van der Waals surface area contributed by atoms with Gasteiger partial charge in [0.2, 0.25) is 0 Å². The standard InChI is InChI=1S/C27H18O/c1-3-11-19(12-4-1)27-18-10-2-5-17-24(27)25-22-15-8-6-13-20(22)21-14-7-9-16-23(21)26(25)28-27/h1-18H. The Hall–Kier alpha value is -3.58. The molecule has 1 heterocycles. The number of ether oxygens (including phenoxy) is 1. The van der Waals surface area contributed by atoms with E-state index in [1.807, 2.05) is 0 Å². The summed E-state index contributed by atoms with van der Waals surface area (Å²) < 4.78 is 6.89. The highest BCUT2D eigenvalue weighted by Crippen LogP contribution is 2.56. The van der Waals surface area contributed by atoms with Gasteiger partial charge >= 0.3 is 0 Å². The highest BCUT2D eigenvalue weighted by molar-refractivity contribution is 6.17. The molecule has 1 heteroatoms. The lowest BCUT2D eigenvalue weighted by Gasteiger charge is -2.27. The molecular weight excluding hydrogens is 340 g/mol. The maximum Gasteiger partial charge on any atom is 0.178 e. The summed E-state index contributed by atoms with van der Waals surface area (Å²) in [5, 5.41) is 4.90. The first-order valence-corrected chi connectivity index (χ1v) is 9.63. The molecule has 4 aromatic rings. The van der Waals surface area contributed by atoms with Crippen LogP contribution < -0.4 is 4.74 Å². The Kier molecular flexibility index (Phi) is 3.15. The fourth-order valence-electron chi connectivity index (χ4n) is 4.62. The van der Waals surface area contributed by atoms with Gasteiger partial charge in [-0.3, -0.25) is 0 Å². The third-order valence-corrected chi connectivity index (χ3v) is 5.84. The van der Waals surface area contributed by atoms with Crippen LogP contribution in [0.3, 0.4) is 0 Å². The molecule has 6 rings (SSSR count). The largest absolute Gasteiger partial charge is 0.472 e. The Labute approximate surface area is 163 Å². The topological polar surface area (TPSA) is 9.23 Å². The molecule has 1 aliphatic heterocycles. The van der Waals surface area contributed by atoms with Crippen molar-refractivity contribution in [3.05, 3.63) is 120 Å². The Morgan fingerprint density at radius 3 is 2.00 bits per heavy atom. The van der Waals surface area contributed by atoms with Crippen LogP contribution in [0, 0.1) is 0 Å². The van der Waals surface area contributed by atoms with Crippen LogP contribution in [0.2, 0.25) is 0 Å². The minimum Gasteiger partial charge on any atom is -0.472 e. The van der Waals surface area contributed by atoms with Crippen LogP contribution >= 0.6 is 0 Å². The van der Waals surface area contributed by atoms with E-state index in [2.05, 4.69) is 109 Å². The van der Waals surface area contributed by atoms with Crippen molar-refractivity contribution in [1.29, 1.82) is 0 Å². The summed E-state index contributed by atoms with van der Waals surface area (Å²) in [4.78, 5) is 0. The summed E-state index contributed by atoms with van der Waals surface area (Å²) in [6.07, 6.45) is 10.7. The first-order valence-electron chi connectivity index (χ1n) is 9.63. The van der Waals surface area contributed by atoms with Gasteiger partial charge in [-0.05, 0) is 22.2 Å². The Balaban J connectivity index is 1.79. The third-order valence-electron chi connectivity index (χ3n) is 5.84. The van der Waals surface area contributed by atoms with Crippen molar-refractivity contribution in [3.63, 3.8) is 0 Å². The van der Waals surface area contributed by atoms with Crippen molar-refractivity contribution in [3.8, 4) is 5.75 Å². The van der Waals surface area contributed by atoms with E-state index in [0.29, 0.717) is 0 Å². The van der Waals surface area contributed by atoms with Crippen molar-refractivity contribution in [2.45, 2.75) is 5.60 Å². The Morgan fingerprint density at radius 1 is 0.571 bits per heavy atom. The average molecular weight is 358 g/mol. The van der Waals surface area contributed by atoms with Crippen LogP contribution in [-0.2, 0) is 5.60 Å². The second-order valence-corrected chi connectivity index (χ2v) is 7.32. The van der Waals surface area contributed by atoms with Crippen LogP contribution in [0.5, 0.6) is 5.75 Å². The van der Waals surface area contributed by atoms with Gasteiger partial charge in [-0.1, -0.05) is 103 Å². The highest BCUT2D eigenvalue weighted by Gasteiger charge is 2.45. The van der Waals surface area contributed by atoms with Crippen molar-refractivity contribution >= 4 is 27.1 Å². The van der Waals surface area contributed by atoms with Gasteiger partial charge < -0.3 is 4.74 Å². The second kappa shape index (κ2) is 5.71. The number of allylic oxidation sites excluding steroid dienone is 4. The van der Waals surface area contributed by atoms with Crippen LogP contribution in [0.1, 0.15) is 11.1 Å². The van der Waals surface area contributed by atoms with E-state index in [1.54, 1.807) is 0 Å². The number of hydrogen-bond acceptors (Lipinski definition) is 1. The molecule has 0 amide bonds. The second-order valence-electron chi connectivity index (χ2n) is 7.32. The van der Waals surface area contributed by atoms with Gasteiger partial charge in [-0.15, -0.1) is 0 Å². The molecule has 0 N–H and O–H groups in total. The molecule has 0 radical (unpaired) electrons. The van der Waals surface area contributed by atoms with E-state index in [1.165, 1.54) is 27.3 Å². The lowest BCUT2D eigenvalue weighted by atomic mass is 9.82. The molecule has 1 unspecified atom stereocenters. The normalized spacial score (nSPS) is 19.8. The SMILES string of the molecule is C1=CC=C2c3c(c4ccccc4c4ccccc34)OC2(c2ccccc2)C=C1. The fraction of sp³-hybridized carbons (Fsp3) is 0.0370. The molecule has 0 fully saturated rings. The number of hydrogen-bond donors (Lipinski definition) is 0. The van der Waals surface area contributed by atoms with Crippen molar-refractivity contribution in [2.24, 2.45) is 0 Å². The van der Waals surface area contributed by atoms with Crippen molar-refractivity contribution in [2.75, 3.05) is 0 Å². The summed E-state index contributed by atoms with van der Waals surface area (Å²) in [5.41, 5.74) is 2.93. The molecule has 2 aliphatic rings. The van der Waals surface area contributed by atoms with Gasteiger partial charge in [0, 0.05) is 22.1 Å².